The Kier molecular flexibility index (Phi) is 10.4. The number of alkyl halides is 8. The van der Waals surface area contributed by atoms with Crippen LogP contribution in [0, 0.1) is 12.8 Å². The molecular formula is C30H36F8O2. The molecule has 40 heavy (non-hydrogen) atoms. The first-order valence-electron chi connectivity index (χ1n) is 13.8. The number of ether oxygens (including phenoxy) is 2. The van der Waals surface area contributed by atoms with Crippen molar-refractivity contribution >= 4 is 0 Å². The molecular weight excluding hydrogens is 544 g/mol. The van der Waals surface area contributed by atoms with E-state index in [1.54, 1.807) is 12.1 Å². The summed E-state index contributed by atoms with van der Waals surface area (Å²) in [6.45, 7) is 4.34. The van der Waals surface area contributed by atoms with Crippen LogP contribution in [0.25, 0.3) is 0 Å². The number of aryl methyl sites for hydroxylation is 1. The topological polar surface area (TPSA) is 18.5 Å². The maximum Gasteiger partial charge on any atom is 0.420 e. The summed E-state index contributed by atoms with van der Waals surface area (Å²) in [6, 6.07) is 7.05. The van der Waals surface area contributed by atoms with Crippen LogP contribution in [0.3, 0.4) is 0 Å². The van der Waals surface area contributed by atoms with Crippen molar-refractivity contribution in [3.8, 4) is 11.5 Å². The lowest BCUT2D eigenvalue weighted by molar-refractivity contribution is -0.181. The summed E-state index contributed by atoms with van der Waals surface area (Å²) in [5, 5.41) is 0. The van der Waals surface area contributed by atoms with Crippen molar-refractivity contribution in [1.29, 1.82) is 0 Å². The zero-order chi connectivity index (χ0) is 29.7. The number of hydrogen-bond acceptors (Lipinski definition) is 2. The van der Waals surface area contributed by atoms with Gasteiger partial charge in [-0.1, -0.05) is 38.3 Å². The maximum atomic E-state index is 14.7. The molecule has 3 rings (SSSR count). The summed E-state index contributed by atoms with van der Waals surface area (Å²) in [6.07, 6.45) is -9.08. The first-order valence-corrected chi connectivity index (χ1v) is 13.8. The summed E-state index contributed by atoms with van der Waals surface area (Å²) in [5.41, 5.74) is -4.09. The molecule has 2 nitrogen and oxygen atoms in total. The third-order valence-corrected chi connectivity index (χ3v) is 7.59. The monoisotopic (exact) mass is 580 g/mol. The van der Waals surface area contributed by atoms with Crippen LogP contribution in [0.15, 0.2) is 30.3 Å². The van der Waals surface area contributed by atoms with E-state index in [2.05, 4.69) is 6.92 Å². The number of benzene rings is 2. The Morgan fingerprint density at radius 2 is 1.43 bits per heavy atom. The second kappa shape index (κ2) is 13.0. The molecule has 2 aromatic rings. The largest absolute Gasteiger partial charge is 0.493 e. The van der Waals surface area contributed by atoms with Crippen molar-refractivity contribution in [1.82, 2.24) is 0 Å². The maximum absolute atomic E-state index is 14.7. The van der Waals surface area contributed by atoms with E-state index in [4.69, 9.17) is 9.47 Å². The van der Waals surface area contributed by atoms with Crippen LogP contribution in [0.5, 0.6) is 11.5 Å². The highest BCUT2D eigenvalue weighted by molar-refractivity contribution is 5.52. The number of halogens is 8. The fourth-order valence-electron chi connectivity index (χ4n) is 5.59. The minimum Gasteiger partial charge on any atom is -0.493 e. The molecule has 0 aliphatic heterocycles. The van der Waals surface area contributed by atoms with Gasteiger partial charge in [0.05, 0.1) is 18.6 Å². The normalized spacial score (nSPS) is 18.6. The van der Waals surface area contributed by atoms with Crippen LogP contribution >= 0.6 is 0 Å². The number of hydrogen-bond donors (Lipinski definition) is 0. The van der Waals surface area contributed by atoms with Crippen LogP contribution in [-0.2, 0) is 18.8 Å². The molecule has 1 aliphatic carbocycles. The van der Waals surface area contributed by atoms with Crippen molar-refractivity contribution in [2.75, 3.05) is 6.61 Å². The standard InChI is InChI=1S/C30H36F8O2/c1-4-6-7-20-8-10-21(11-9-20)22-12-14-23(15-13-22)40-28(31,32)17-16-24-19(3)18-25(39-5-2)27(30(36,37)38)26(24)29(33,34)35/h12-15,18,20-21H,4-11,16-17H2,1-3H3. The molecule has 2 aromatic carbocycles. The Hall–Kier alpha value is -2.52. The molecule has 0 heterocycles. The molecule has 10 heteroatoms. The predicted molar refractivity (Wildman–Crippen MR) is 137 cm³/mol. The molecule has 0 amide bonds. The lowest BCUT2D eigenvalue weighted by atomic mass is 9.77. The van der Waals surface area contributed by atoms with Gasteiger partial charge >= 0.3 is 18.5 Å². The third kappa shape index (κ3) is 8.26. The van der Waals surface area contributed by atoms with Crippen LogP contribution in [0.2, 0.25) is 0 Å². The minimum atomic E-state index is -5.45. The van der Waals surface area contributed by atoms with E-state index in [0.717, 1.165) is 50.2 Å². The Labute approximate surface area is 230 Å². The van der Waals surface area contributed by atoms with Crippen LogP contribution < -0.4 is 9.47 Å². The average molecular weight is 581 g/mol. The van der Waals surface area contributed by atoms with Gasteiger partial charge < -0.3 is 9.47 Å². The molecule has 1 aliphatic rings. The van der Waals surface area contributed by atoms with Crippen LogP contribution in [0.4, 0.5) is 35.1 Å². The molecule has 0 spiro atoms. The van der Waals surface area contributed by atoms with Gasteiger partial charge in [-0.15, -0.1) is 0 Å². The van der Waals surface area contributed by atoms with Crippen LogP contribution in [0.1, 0.15) is 98.9 Å². The first kappa shape index (κ1) is 32.0. The summed E-state index contributed by atoms with van der Waals surface area (Å²) in [5.74, 6) is -0.0952. The summed E-state index contributed by atoms with van der Waals surface area (Å²) < 4.78 is 122. The van der Waals surface area contributed by atoms with Crippen molar-refractivity contribution < 1.29 is 44.6 Å². The van der Waals surface area contributed by atoms with E-state index in [1.165, 1.54) is 38.3 Å². The van der Waals surface area contributed by atoms with E-state index in [0.29, 0.717) is 5.92 Å². The minimum absolute atomic E-state index is 0.166. The molecule has 0 N–H and O–H groups in total. The lowest BCUT2D eigenvalue weighted by Gasteiger charge is -2.29. The summed E-state index contributed by atoms with van der Waals surface area (Å²) >= 11 is 0. The van der Waals surface area contributed by atoms with Crippen molar-refractivity contribution in [3.05, 3.63) is 58.1 Å². The molecule has 0 radical (unpaired) electrons. The zero-order valence-electron chi connectivity index (χ0n) is 23.0. The first-order chi connectivity index (χ1) is 18.7. The van der Waals surface area contributed by atoms with Crippen LogP contribution in [-0.4, -0.2) is 12.7 Å². The van der Waals surface area contributed by atoms with Gasteiger partial charge in [-0.2, -0.15) is 35.1 Å². The molecule has 224 valence electrons. The molecule has 0 atom stereocenters. The van der Waals surface area contributed by atoms with Gasteiger partial charge in [0.25, 0.3) is 0 Å². The SMILES string of the molecule is CCCCC1CCC(c2ccc(OC(F)(F)CCc3c(C)cc(OCC)c(C(F)(F)F)c3C(F)(F)F)cc2)CC1. The molecule has 1 saturated carbocycles. The van der Waals surface area contributed by atoms with Gasteiger partial charge in [-0.05, 0) is 92.7 Å². The van der Waals surface area contributed by atoms with E-state index in [9.17, 15) is 35.1 Å². The second-order valence-corrected chi connectivity index (χ2v) is 10.5. The highest BCUT2D eigenvalue weighted by Crippen LogP contribution is 2.48. The molecule has 0 bridgehead atoms. The van der Waals surface area contributed by atoms with Crippen molar-refractivity contribution in [2.45, 2.75) is 103 Å². The highest BCUT2D eigenvalue weighted by Gasteiger charge is 2.48. The smallest absolute Gasteiger partial charge is 0.420 e. The second-order valence-electron chi connectivity index (χ2n) is 10.5. The predicted octanol–water partition coefficient (Wildman–Crippen LogP) is 10.5. The van der Waals surface area contributed by atoms with Gasteiger partial charge in [-0.3, -0.25) is 0 Å². The quantitative estimate of drug-likeness (QED) is 0.246. The van der Waals surface area contributed by atoms with Gasteiger partial charge in [0.2, 0.25) is 0 Å². The molecule has 0 aromatic heterocycles. The third-order valence-electron chi connectivity index (χ3n) is 7.59. The highest BCUT2D eigenvalue weighted by atomic mass is 19.4. The summed E-state index contributed by atoms with van der Waals surface area (Å²) in [4.78, 5) is 0. The molecule has 0 saturated heterocycles. The lowest BCUT2D eigenvalue weighted by Crippen LogP contribution is -2.27. The summed E-state index contributed by atoms with van der Waals surface area (Å²) in [7, 11) is 0. The zero-order valence-corrected chi connectivity index (χ0v) is 23.0. The number of unbranched alkanes of at least 4 members (excludes halogenated alkanes) is 1. The Balaban J connectivity index is 1.74. The fourth-order valence-corrected chi connectivity index (χ4v) is 5.59. The number of rotatable bonds is 11. The Morgan fingerprint density at radius 1 is 0.825 bits per heavy atom. The van der Waals surface area contributed by atoms with Gasteiger partial charge in [-0.25, -0.2) is 0 Å². The molecule has 0 unspecified atom stereocenters. The van der Waals surface area contributed by atoms with E-state index >= 15 is 0 Å². The molecule has 1 fully saturated rings. The Morgan fingerprint density at radius 3 is 1.95 bits per heavy atom. The Bertz CT molecular complexity index is 1100. The van der Waals surface area contributed by atoms with E-state index < -0.39 is 53.7 Å². The van der Waals surface area contributed by atoms with Gasteiger partial charge in [0.15, 0.2) is 0 Å². The van der Waals surface area contributed by atoms with E-state index in [-0.39, 0.29) is 17.9 Å². The average Bonchev–Trinajstić information content (AvgIpc) is 2.86. The van der Waals surface area contributed by atoms with Crippen molar-refractivity contribution in [2.24, 2.45) is 5.92 Å². The van der Waals surface area contributed by atoms with Gasteiger partial charge in [0, 0.05) is 0 Å². The van der Waals surface area contributed by atoms with Crippen molar-refractivity contribution in [3.63, 3.8) is 0 Å². The van der Waals surface area contributed by atoms with E-state index in [1.807, 2.05) is 0 Å². The van der Waals surface area contributed by atoms with Gasteiger partial charge in [0.1, 0.15) is 17.1 Å². The fraction of sp³-hybridized carbons (Fsp3) is 0.600.